The van der Waals surface area contributed by atoms with Crippen molar-refractivity contribution in [2.24, 2.45) is 0 Å². The molecule has 0 amide bonds. The van der Waals surface area contributed by atoms with E-state index in [0.717, 1.165) is 40.3 Å². The van der Waals surface area contributed by atoms with Gasteiger partial charge in [0.1, 0.15) is 11.3 Å². The van der Waals surface area contributed by atoms with Crippen LogP contribution in [0.2, 0.25) is 0 Å². The summed E-state index contributed by atoms with van der Waals surface area (Å²) in [7, 11) is 0. The number of benzene rings is 6. The van der Waals surface area contributed by atoms with Crippen molar-refractivity contribution < 1.29 is 4.42 Å². The number of hydrogen-bond donors (Lipinski definition) is 1. The highest BCUT2D eigenvalue weighted by molar-refractivity contribution is 6.15. The molecule has 0 radical (unpaired) electrons. The van der Waals surface area contributed by atoms with Crippen molar-refractivity contribution in [1.29, 1.82) is 0 Å². The monoisotopic (exact) mass is 538 g/mol. The van der Waals surface area contributed by atoms with Crippen LogP contribution in [-0.2, 0) is 6.54 Å². The summed E-state index contributed by atoms with van der Waals surface area (Å²) >= 11 is 0. The Balaban J connectivity index is 1.23. The molecule has 9 rings (SSSR count). The van der Waals surface area contributed by atoms with E-state index >= 15 is 0 Å². The van der Waals surface area contributed by atoms with Crippen LogP contribution < -0.4 is 10.2 Å². The Kier molecular flexibility index (Phi) is 4.96. The van der Waals surface area contributed by atoms with Crippen molar-refractivity contribution in [3.05, 3.63) is 145 Å². The maximum absolute atomic E-state index is 6.18. The van der Waals surface area contributed by atoms with Crippen LogP contribution in [0.4, 0.5) is 17.1 Å². The van der Waals surface area contributed by atoms with Crippen LogP contribution in [-0.4, -0.2) is 0 Å². The smallest absolute Gasteiger partial charge is 0.135 e. The fourth-order valence-corrected chi connectivity index (χ4v) is 6.71. The maximum Gasteiger partial charge on any atom is 0.135 e. The SMILES string of the molecule is C1=Cc2oc3ccc(N(c4ccc(-c5ccccc5)cc4)c4ccc5c(c4)-c4cccc6cccc-5c46)cc3c2CN1. The zero-order chi connectivity index (χ0) is 27.6. The summed E-state index contributed by atoms with van der Waals surface area (Å²) in [5.74, 6) is 0.933. The lowest BCUT2D eigenvalue weighted by atomic mass is 10.0. The Hall–Kier alpha value is -5.54. The third-order valence-electron chi connectivity index (χ3n) is 8.67. The van der Waals surface area contributed by atoms with Crippen molar-refractivity contribution in [3.63, 3.8) is 0 Å². The van der Waals surface area contributed by atoms with Crippen LogP contribution in [0, 0.1) is 0 Å². The van der Waals surface area contributed by atoms with Crippen LogP contribution in [0.1, 0.15) is 11.3 Å². The number of rotatable bonds is 4. The van der Waals surface area contributed by atoms with Gasteiger partial charge in [0.15, 0.2) is 0 Å². The molecular weight excluding hydrogens is 512 g/mol. The largest absolute Gasteiger partial charge is 0.456 e. The molecule has 7 aromatic rings. The van der Waals surface area contributed by atoms with Gasteiger partial charge in [0.25, 0.3) is 0 Å². The fourth-order valence-electron chi connectivity index (χ4n) is 6.71. The van der Waals surface area contributed by atoms with Crippen molar-refractivity contribution in [2.75, 3.05) is 4.90 Å². The van der Waals surface area contributed by atoms with E-state index in [-0.39, 0.29) is 0 Å². The second-order valence-electron chi connectivity index (χ2n) is 11.0. The molecule has 3 heteroatoms. The molecule has 198 valence electrons. The predicted molar refractivity (Wildman–Crippen MR) is 174 cm³/mol. The first-order chi connectivity index (χ1) is 20.8. The number of nitrogens with one attached hydrogen (secondary N) is 1. The van der Waals surface area contributed by atoms with Gasteiger partial charge in [0, 0.05) is 40.8 Å². The van der Waals surface area contributed by atoms with Gasteiger partial charge in [-0.05, 0) is 92.7 Å². The van der Waals surface area contributed by atoms with Gasteiger partial charge in [-0.1, -0.05) is 84.9 Å². The van der Waals surface area contributed by atoms with E-state index in [1.807, 2.05) is 12.3 Å². The highest BCUT2D eigenvalue weighted by Gasteiger charge is 2.24. The lowest BCUT2D eigenvalue weighted by molar-refractivity contribution is 0.592. The Labute approximate surface area is 244 Å². The highest BCUT2D eigenvalue weighted by Crippen LogP contribution is 2.49. The van der Waals surface area contributed by atoms with Gasteiger partial charge in [-0.2, -0.15) is 0 Å². The topological polar surface area (TPSA) is 28.4 Å². The van der Waals surface area contributed by atoms with Crippen LogP contribution in [0.3, 0.4) is 0 Å². The Morgan fingerprint density at radius 2 is 1.29 bits per heavy atom. The molecule has 0 fully saturated rings. The quantitative estimate of drug-likeness (QED) is 0.242. The average Bonchev–Trinajstić information content (AvgIpc) is 3.59. The van der Waals surface area contributed by atoms with E-state index in [4.69, 9.17) is 4.42 Å². The highest BCUT2D eigenvalue weighted by atomic mass is 16.3. The lowest BCUT2D eigenvalue weighted by Crippen LogP contribution is -2.11. The van der Waals surface area contributed by atoms with E-state index in [0.29, 0.717) is 0 Å². The fraction of sp³-hybridized carbons (Fsp3) is 0.0256. The predicted octanol–water partition coefficient (Wildman–Crippen LogP) is 10.4. The summed E-state index contributed by atoms with van der Waals surface area (Å²) < 4.78 is 6.18. The Morgan fingerprint density at radius 3 is 2.12 bits per heavy atom. The number of fused-ring (bicyclic) bond motifs is 6. The van der Waals surface area contributed by atoms with Crippen molar-refractivity contribution in [2.45, 2.75) is 6.54 Å². The van der Waals surface area contributed by atoms with E-state index in [2.05, 4.69) is 138 Å². The number of nitrogens with zero attached hydrogens (tertiary/aromatic N) is 1. The van der Waals surface area contributed by atoms with Crippen LogP contribution in [0.25, 0.3) is 61.2 Å². The molecule has 0 saturated carbocycles. The van der Waals surface area contributed by atoms with E-state index in [1.165, 1.54) is 49.7 Å². The zero-order valence-corrected chi connectivity index (χ0v) is 22.8. The van der Waals surface area contributed by atoms with Gasteiger partial charge in [0.05, 0.1) is 0 Å². The van der Waals surface area contributed by atoms with Crippen molar-refractivity contribution in [3.8, 4) is 33.4 Å². The van der Waals surface area contributed by atoms with Gasteiger partial charge in [-0.25, -0.2) is 0 Å². The van der Waals surface area contributed by atoms with E-state index in [9.17, 15) is 0 Å². The van der Waals surface area contributed by atoms with Gasteiger partial charge in [-0.3, -0.25) is 0 Å². The summed E-state index contributed by atoms with van der Waals surface area (Å²) in [6.45, 7) is 0.759. The molecule has 6 aromatic carbocycles. The normalized spacial score (nSPS) is 12.8. The van der Waals surface area contributed by atoms with Crippen molar-refractivity contribution >= 4 is 44.9 Å². The Bertz CT molecular complexity index is 2180. The third kappa shape index (κ3) is 3.47. The summed E-state index contributed by atoms with van der Waals surface area (Å²) in [5, 5.41) is 7.12. The van der Waals surface area contributed by atoms with Crippen molar-refractivity contribution in [1.82, 2.24) is 5.32 Å². The number of anilines is 3. The molecule has 1 aliphatic heterocycles. The van der Waals surface area contributed by atoms with Crippen LogP contribution >= 0.6 is 0 Å². The number of furan rings is 1. The maximum atomic E-state index is 6.18. The first-order valence-corrected chi connectivity index (χ1v) is 14.4. The second kappa shape index (κ2) is 8.98. The zero-order valence-electron chi connectivity index (χ0n) is 22.8. The molecule has 1 N–H and O–H groups in total. The molecule has 0 spiro atoms. The molecule has 42 heavy (non-hydrogen) atoms. The van der Waals surface area contributed by atoms with Gasteiger partial charge in [0.2, 0.25) is 0 Å². The first kappa shape index (κ1) is 23.2. The number of hydrogen-bond acceptors (Lipinski definition) is 3. The minimum atomic E-state index is 0.759. The summed E-state index contributed by atoms with van der Waals surface area (Å²) in [6.07, 6.45) is 3.96. The Morgan fingerprint density at radius 1 is 0.571 bits per heavy atom. The van der Waals surface area contributed by atoms with Gasteiger partial charge >= 0.3 is 0 Å². The van der Waals surface area contributed by atoms with E-state index in [1.54, 1.807) is 0 Å². The molecule has 1 aliphatic carbocycles. The lowest BCUT2D eigenvalue weighted by Gasteiger charge is -2.26. The molecule has 2 heterocycles. The molecule has 0 atom stereocenters. The van der Waals surface area contributed by atoms with E-state index < -0.39 is 0 Å². The average molecular weight is 539 g/mol. The standard InChI is InChI=1S/C39H26N2O/c1-2-6-25(7-3-1)26-12-14-28(15-13-26)41(30-17-19-37-35(23-30)36-24-40-21-20-38(36)42-37)29-16-18-31-32-10-4-8-27-9-5-11-33(39(27)32)34(31)22-29/h1-23,40H,24H2. The summed E-state index contributed by atoms with van der Waals surface area (Å²) in [4.78, 5) is 2.36. The summed E-state index contributed by atoms with van der Waals surface area (Å²) in [5.41, 5.74) is 13.0. The van der Waals surface area contributed by atoms with Crippen LogP contribution in [0.15, 0.2) is 138 Å². The molecular formula is C39H26N2O. The molecule has 0 unspecified atom stereocenters. The summed E-state index contributed by atoms with van der Waals surface area (Å²) in [6, 6.07) is 46.1. The molecule has 0 saturated heterocycles. The van der Waals surface area contributed by atoms with Gasteiger partial charge < -0.3 is 14.6 Å². The van der Waals surface area contributed by atoms with Gasteiger partial charge in [-0.15, -0.1) is 0 Å². The molecule has 1 aromatic heterocycles. The molecule has 2 aliphatic rings. The van der Waals surface area contributed by atoms with Crippen LogP contribution in [0.5, 0.6) is 0 Å². The molecule has 3 nitrogen and oxygen atoms in total. The minimum Gasteiger partial charge on any atom is -0.456 e. The third-order valence-corrected chi connectivity index (χ3v) is 8.67. The minimum absolute atomic E-state index is 0.759. The second-order valence-corrected chi connectivity index (χ2v) is 11.0. The first-order valence-electron chi connectivity index (χ1n) is 14.4. The molecule has 0 bridgehead atoms.